The third-order valence-electron chi connectivity index (χ3n) is 3.46. The maximum atomic E-state index is 11.6. The first-order valence-electron chi connectivity index (χ1n) is 7.02. The molecule has 0 aromatic carbocycles. The summed E-state index contributed by atoms with van der Waals surface area (Å²) < 4.78 is 9.19. The van der Waals surface area contributed by atoms with Crippen molar-refractivity contribution in [3.05, 3.63) is 11.8 Å². The molecule has 120 valence electrons. The summed E-state index contributed by atoms with van der Waals surface area (Å²) in [5.41, 5.74) is -0.178. The van der Waals surface area contributed by atoms with E-state index in [9.17, 15) is 9.59 Å². The van der Waals surface area contributed by atoms with Gasteiger partial charge < -0.3 is 20.1 Å². The van der Waals surface area contributed by atoms with Crippen LogP contribution in [0.5, 0.6) is 0 Å². The maximum absolute atomic E-state index is 11.6. The zero-order valence-electron chi connectivity index (χ0n) is 13.7. The van der Waals surface area contributed by atoms with E-state index in [1.54, 1.807) is 0 Å². The minimum atomic E-state index is -0.707. The summed E-state index contributed by atoms with van der Waals surface area (Å²) in [5.74, 6) is -1.41. The number of ether oxygens (including phenoxy) is 2. The fraction of sp³-hybridized carbons (Fsp3) is 0.733. The monoisotopic (exact) mass is 298 g/mol. The average molecular weight is 298 g/mol. The Hall–Kier alpha value is -1.56. The molecule has 0 bridgehead atoms. The Bertz CT molecular complexity index is 407. The summed E-state index contributed by atoms with van der Waals surface area (Å²) >= 11 is 0. The van der Waals surface area contributed by atoms with Gasteiger partial charge in [0.1, 0.15) is 0 Å². The highest BCUT2D eigenvalue weighted by Crippen LogP contribution is 2.28. The molecule has 6 nitrogen and oxygen atoms in total. The van der Waals surface area contributed by atoms with Crippen LogP contribution < -0.4 is 10.6 Å². The van der Waals surface area contributed by atoms with Crippen molar-refractivity contribution in [3.63, 3.8) is 0 Å². The Morgan fingerprint density at radius 2 is 1.48 bits per heavy atom. The van der Waals surface area contributed by atoms with E-state index >= 15 is 0 Å². The van der Waals surface area contributed by atoms with E-state index < -0.39 is 11.9 Å². The van der Waals surface area contributed by atoms with Gasteiger partial charge in [-0.2, -0.15) is 0 Å². The number of nitrogens with one attached hydrogen (secondary N) is 2. The Balaban J connectivity index is 2.85. The molecule has 2 N–H and O–H groups in total. The minimum Gasteiger partial charge on any atom is -0.465 e. The molecule has 0 radical (unpaired) electrons. The first-order valence-corrected chi connectivity index (χ1v) is 7.02. The van der Waals surface area contributed by atoms with Crippen LogP contribution in [0.4, 0.5) is 0 Å². The second-order valence-electron chi connectivity index (χ2n) is 6.71. The SMILES string of the molecule is COC(=O)C(=CNC1CC(C)(C)NC(C)(C)C1)C(=O)OC. The van der Waals surface area contributed by atoms with E-state index in [-0.39, 0.29) is 22.7 Å². The third-order valence-corrected chi connectivity index (χ3v) is 3.46. The lowest BCUT2D eigenvalue weighted by Gasteiger charge is -2.46. The van der Waals surface area contributed by atoms with Gasteiger partial charge in [-0.15, -0.1) is 0 Å². The number of carbonyl (C=O) groups excluding carboxylic acids is 2. The molecule has 1 aliphatic rings. The van der Waals surface area contributed by atoms with Crippen molar-refractivity contribution in [2.24, 2.45) is 0 Å². The van der Waals surface area contributed by atoms with E-state index in [0.717, 1.165) is 12.8 Å². The van der Waals surface area contributed by atoms with Crippen molar-refractivity contribution in [3.8, 4) is 0 Å². The van der Waals surface area contributed by atoms with Crippen molar-refractivity contribution < 1.29 is 19.1 Å². The predicted molar refractivity (Wildman–Crippen MR) is 79.6 cm³/mol. The zero-order chi connectivity index (χ0) is 16.3. The van der Waals surface area contributed by atoms with Crippen LogP contribution in [0.3, 0.4) is 0 Å². The van der Waals surface area contributed by atoms with E-state index in [4.69, 9.17) is 0 Å². The van der Waals surface area contributed by atoms with Crippen molar-refractivity contribution in [2.45, 2.75) is 57.7 Å². The molecule has 1 heterocycles. The van der Waals surface area contributed by atoms with Gasteiger partial charge in [0.05, 0.1) is 14.2 Å². The van der Waals surface area contributed by atoms with Gasteiger partial charge in [-0.25, -0.2) is 9.59 Å². The summed E-state index contributed by atoms with van der Waals surface area (Å²) in [6.07, 6.45) is 3.16. The predicted octanol–water partition coefficient (Wildman–Crippen LogP) is 1.12. The van der Waals surface area contributed by atoms with Crippen LogP contribution in [-0.2, 0) is 19.1 Å². The molecule has 1 aliphatic heterocycles. The zero-order valence-corrected chi connectivity index (χ0v) is 13.7. The standard InChI is InChI=1S/C15H26N2O4/c1-14(2)7-10(8-15(3,4)17-14)16-9-11(12(18)20-5)13(19)21-6/h9-10,16-17H,7-8H2,1-6H3. The number of piperidine rings is 1. The van der Waals surface area contributed by atoms with Crippen LogP contribution in [0.2, 0.25) is 0 Å². The second-order valence-corrected chi connectivity index (χ2v) is 6.71. The van der Waals surface area contributed by atoms with Gasteiger partial charge in [0.2, 0.25) is 0 Å². The molecule has 0 aliphatic carbocycles. The molecule has 21 heavy (non-hydrogen) atoms. The van der Waals surface area contributed by atoms with Crippen molar-refractivity contribution in [1.82, 2.24) is 10.6 Å². The molecule has 1 fully saturated rings. The van der Waals surface area contributed by atoms with Crippen molar-refractivity contribution >= 4 is 11.9 Å². The lowest BCUT2D eigenvalue weighted by atomic mass is 9.79. The Morgan fingerprint density at radius 3 is 1.86 bits per heavy atom. The molecule has 6 heteroatoms. The normalized spacial score (nSPS) is 20.3. The van der Waals surface area contributed by atoms with Crippen LogP contribution in [0, 0.1) is 0 Å². The molecule has 0 unspecified atom stereocenters. The van der Waals surface area contributed by atoms with Gasteiger partial charge in [0.25, 0.3) is 0 Å². The van der Waals surface area contributed by atoms with Gasteiger partial charge >= 0.3 is 11.9 Å². The first-order chi connectivity index (χ1) is 9.60. The molecule has 0 saturated carbocycles. The van der Waals surface area contributed by atoms with Crippen LogP contribution in [0.15, 0.2) is 11.8 Å². The topological polar surface area (TPSA) is 76.7 Å². The fourth-order valence-electron chi connectivity index (χ4n) is 3.06. The van der Waals surface area contributed by atoms with E-state index in [1.165, 1.54) is 20.4 Å². The van der Waals surface area contributed by atoms with Crippen LogP contribution in [-0.4, -0.2) is 43.3 Å². The summed E-state index contributed by atoms with van der Waals surface area (Å²) in [4.78, 5) is 23.2. The number of hydrogen-bond donors (Lipinski definition) is 2. The molecule has 0 aromatic heterocycles. The molecule has 0 aromatic rings. The van der Waals surface area contributed by atoms with E-state index in [1.807, 2.05) is 0 Å². The van der Waals surface area contributed by atoms with E-state index in [0.29, 0.717) is 0 Å². The van der Waals surface area contributed by atoms with Crippen LogP contribution in [0.25, 0.3) is 0 Å². The molecule has 1 rings (SSSR count). The molecular formula is C15H26N2O4. The maximum Gasteiger partial charge on any atom is 0.346 e. The van der Waals surface area contributed by atoms with Gasteiger partial charge in [-0.3, -0.25) is 0 Å². The Kier molecular flexibility index (Phi) is 5.39. The third kappa shape index (κ3) is 5.04. The number of hydrogen-bond acceptors (Lipinski definition) is 6. The smallest absolute Gasteiger partial charge is 0.346 e. The minimum absolute atomic E-state index is 0.0239. The largest absolute Gasteiger partial charge is 0.465 e. The fourth-order valence-corrected chi connectivity index (χ4v) is 3.06. The van der Waals surface area contributed by atoms with Gasteiger partial charge in [0, 0.05) is 23.3 Å². The molecular weight excluding hydrogens is 272 g/mol. The van der Waals surface area contributed by atoms with Gasteiger partial charge in [-0.1, -0.05) is 0 Å². The summed E-state index contributed by atoms with van der Waals surface area (Å²) in [6.45, 7) is 8.53. The Morgan fingerprint density at radius 1 is 1.05 bits per heavy atom. The number of esters is 2. The lowest BCUT2D eigenvalue weighted by Crippen LogP contribution is -2.61. The summed E-state index contributed by atoms with van der Waals surface area (Å²) in [5, 5.41) is 6.73. The second kappa shape index (κ2) is 6.47. The highest BCUT2D eigenvalue weighted by atomic mass is 16.5. The number of rotatable bonds is 4. The Labute approximate surface area is 126 Å². The average Bonchev–Trinajstić information content (AvgIpc) is 2.34. The quantitative estimate of drug-likeness (QED) is 0.350. The molecule has 1 saturated heterocycles. The molecule has 0 amide bonds. The first kappa shape index (κ1) is 17.5. The van der Waals surface area contributed by atoms with Crippen molar-refractivity contribution in [1.29, 1.82) is 0 Å². The summed E-state index contributed by atoms with van der Waals surface area (Å²) in [7, 11) is 2.46. The van der Waals surface area contributed by atoms with Gasteiger partial charge in [-0.05, 0) is 40.5 Å². The number of carbonyl (C=O) groups is 2. The summed E-state index contributed by atoms with van der Waals surface area (Å²) in [6, 6.07) is 0.153. The van der Waals surface area contributed by atoms with E-state index in [2.05, 4.69) is 47.8 Å². The highest BCUT2D eigenvalue weighted by Gasteiger charge is 2.37. The lowest BCUT2D eigenvalue weighted by molar-refractivity contribution is -0.144. The molecule has 0 atom stereocenters. The highest BCUT2D eigenvalue weighted by molar-refractivity contribution is 6.13. The number of methoxy groups -OCH3 is 2. The van der Waals surface area contributed by atoms with Crippen molar-refractivity contribution in [2.75, 3.05) is 14.2 Å². The van der Waals surface area contributed by atoms with Gasteiger partial charge in [0.15, 0.2) is 5.57 Å². The molecule has 0 spiro atoms. The van der Waals surface area contributed by atoms with Crippen LogP contribution in [0.1, 0.15) is 40.5 Å². The van der Waals surface area contributed by atoms with Crippen LogP contribution >= 0.6 is 0 Å².